The molecule has 1 aromatic carbocycles. The van der Waals surface area contributed by atoms with Crippen LogP contribution in [0.5, 0.6) is 0 Å². The fourth-order valence-electron chi connectivity index (χ4n) is 4.09. The van der Waals surface area contributed by atoms with Gasteiger partial charge in [0.2, 0.25) is 5.88 Å². The van der Waals surface area contributed by atoms with E-state index in [1.54, 1.807) is 43.0 Å². The van der Waals surface area contributed by atoms with Crippen LogP contribution in [0.3, 0.4) is 0 Å². The van der Waals surface area contributed by atoms with E-state index in [9.17, 15) is 5.26 Å². The zero-order chi connectivity index (χ0) is 23.8. The second-order valence-electron chi connectivity index (χ2n) is 7.90. The van der Waals surface area contributed by atoms with Gasteiger partial charge in [-0.3, -0.25) is 0 Å². The molecule has 0 aliphatic rings. The largest absolute Gasteiger partial charge is 0.464 e. The van der Waals surface area contributed by atoms with Gasteiger partial charge in [0.15, 0.2) is 11.5 Å². The molecule has 4 heterocycles. The van der Waals surface area contributed by atoms with Crippen molar-refractivity contribution >= 4 is 23.7 Å². The number of aromatic nitrogens is 1. The van der Waals surface area contributed by atoms with Crippen molar-refractivity contribution in [3.05, 3.63) is 94.2 Å². The van der Waals surface area contributed by atoms with Crippen molar-refractivity contribution in [2.24, 2.45) is 4.99 Å². The van der Waals surface area contributed by atoms with Gasteiger partial charge >= 0.3 is 0 Å². The number of nitrogens with zero attached hydrogens (tertiary/aromatic N) is 3. The summed E-state index contributed by atoms with van der Waals surface area (Å²) in [5.74, 6) is 1.56. The first kappa shape index (κ1) is 21.6. The molecule has 0 radical (unpaired) electrons. The lowest BCUT2D eigenvalue weighted by Crippen LogP contribution is -2.02. The molecule has 0 bridgehead atoms. The Balaban J connectivity index is 1.61. The van der Waals surface area contributed by atoms with Crippen LogP contribution >= 0.6 is 11.6 Å². The van der Waals surface area contributed by atoms with Crippen molar-refractivity contribution in [3.8, 4) is 34.6 Å². The minimum Gasteiger partial charge on any atom is -0.464 e. The van der Waals surface area contributed by atoms with Crippen LogP contribution in [0.2, 0.25) is 5.02 Å². The maximum atomic E-state index is 9.94. The third-order valence-electron chi connectivity index (χ3n) is 5.72. The summed E-state index contributed by atoms with van der Waals surface area (Å²) in [6, 6.07) is 17.1. The monoisotopic (exact) mass is 469 g/mol. The van der Waals surface area contributed by atoms with E-state index >= 15 is 0 Å². The summed E-state index contributed by atoms with van der Waals surface area (Å²) in [4.78, 5) is 4.56. The number of furan rings is 3. The summed E-state index contributed by atoms with van der Waals surface area (Å²) >= 11 is 6.26. The molecule has 0 N–H and O–H groups in total. The predicted molar refractivity (Wildman–Crippen MR) is 131 cm³/mol. The first-order valence-electron chi connectivity index (χ1n) is 10.6. The van der Waals surface area contributed by atoms with Gasteiger partial charge in [-0.05, 0) is 68.8 Å². The highest BCUT2D eigenvalue weighted by Crippen LogP contribution is 2.42. The topological polar surface area (TPSA) is 80.5 Å². The molecule has 0 aliphatic heterocycles. The van der Waals surface area contributed by atoms with Gasteiger partial charge in [-0.1, -0.05) is 17.7 Å². The molecule has 0 aliphatic carbocycles. The minimum atomic E-state index is 0.184. The molecule has 0 spiro atoms. The van der Waals surface area contributed by atoms with Crippen LogP contribution in [0.4, 0.5) is 5.88 Å². The van der Waals surface area contributed by atoms with Crippen LogP contribution in [0.25, 0.3) is 28.5 Å². The Bertz CT molecular complexity index is 1550. The number of nitriles is 1. The Labute approximate surface area is 201 Å². The highest BCUT2D eigenvalue weighted by atomic mass is 35.5. The molecule has 0 atom stereocenters. The van der Waals surface area contributed by atoms with Gasteiger partial charge in [-0.15, -0.1) is 0 Å². The van der Waals surface area contributed by atoms with Crippen LogP contribution in [0.15, 0.2) is 79.3 Å². The fraction of sp³-hybridized carbons (Fsp3) is 0.111. The van der Waals surface area contributed by atoms with Crippen LogP contribution in [0.1, 0.15) is 28.1 Å². The average Bonchev–Trinajstić information content (AvgIpc) is 3.61. The van der Waals surface area contributed by atoms with E-state index in [2.05, 4.69) is 15.6 Å². The molecule has 6 nitrogen and oxygen atoms in total. The van der Waals surface area contributed by atoms with Crippen molar-refractivity contribution in [3.63, 3.8) is 0 Å². The van der Waals surface area contributed by atoms with E-state index in [0.29, 0.717) is 27.9 Å². The summed E-state index contributed by atoms with van der Waals surface area (Å²) < 4.78 is 19.3. The summed E-state index contributed by atoms with van der Waals surface area (Å²) in [6.07, 6.45) is 4.80. The first-order chi connectivity index (χ1) is 16.5. The van der Waals surface area contributed by atoms with Gasteiger partial charge in [0.05, 0.1) is 18.1 Å². The quantitative estimate of drug-likeness (QED) is 0.246. The second kappa shape index (κ2) is 8.62. The zero-order valence-corrected chi connectivity index (χ0v) is 19.6. The van der Waals surface area contributed by atoms with Gasteiger partial charge in [-0.2, -0.15) is 5.26 Å². The van der Waals surface area contributed by atoms with Crippen LogP contribution in [-0.2, 0) is 0 Å². The second-order valence-corrected chi connectivity index (χ2v) is 8.34. The molecule has 168 valence electrons. The molecule has 7 heteroatoms. The average molecular weight is 470 g/mol. The van der Waals surface area contributed by atoms with Crippen molar-refractivity contribution in [1.82, 2.24) is 4.57 Å². The Kier molecular flexibility index (Phi) is 5.48. The van der Waals surface area contributed by atoms with Gasteiger partial charge in [-0.25, -0.2) is 4.99 Å². The molecule has 34 heavy (non-hydrogen) atoms. The highest BCUT2D eigenvalue weighted by molar-refractivity contribution is 6.30. The lowest BCUT2D eigenvalue weighted by atomic mass is 10.1. The van der Waals surface area contributed by atoms with Crippen molar-refractivity contribution in [2.45, 2.75) is 20.8 Å². The smallest absolute Gasteiger partial charge is 0.238 e. The molecular weight excluding hydrogens is 450 g/mol. The number of hydrogen-bond acceptors (Lipinski definition) is 5. The lowest BCUT2D eigenvalue weighted by Gasteiger charge is -2.13. The van der Waals surface area contributed by atoms with Crippen molar-refractivity contribution < 1.29 is 13.3 Å². The van der Waals surface area contributed by atoms with E-state index < -0.39 is 0 Å². The van der Waals surface area contributed by atoms with Crippen LogP contribution in [-0.4, -0.2) is 10.8 Å². The van der Waals surface area contributed by atoms with Crippen LogP contribution in [0, 0.1) is 32.1 Å². The molecule has 0 saturated heterocycles. The molecular formula is C27H20ClN3O3. The van der Waals surface area contributed by atoms with E-state index in [0.717, 1.165) is 28.2 Å². The number of hydrogen-bond donors (Lipinski definition) is 0. The first-order valence-corrected chi connectivity index (χ1v) is 11.0. The summed E-state index contributed by atoms with van der Waals surface area (Å²) in [5, 5.41) is 10.6. The van der Waals surface area contributed by atoms with Gasteiger partial charge in [0.25, 0.3) is 0 Å². The summed E-state index contributed by atoms with van der Waals surface area (Å²) in [7, 11) is 0. The maximum absolute atomic E-state index is 9.94. The van der Waals surface area contributed by atoms with Crippen LogP contribution < -0.4 is 0 Å². The predicted octanol–water partition coefficient (Wildman–Crippen LogP) is 7.79. The normalized spacial score (nSPS) is 11.4. The third kappa shape index (κ3) is 3.66. The Morgan fingerprint density at radius 2 is 1.74 bits per heavy atom. The van der Waals surface area contributed by atoms with Gasteiger partial charge in [0, 0.05) is 33.9 Å². The van der Waals surface area contributed by atoms with E-state index in [1.807, 2.05) is 45.0 Å². The molecule has 0 amide bonds. The molecule has 5 rings (SSSR count). The standard InChI is InChI=1S/C27H20ClN3O3/c1-16-8-9-20(28)13-22(16)31-17(2)12-19(18(31)3)15-30-27-21(14-29)25(23-6-4-10-32-23)26(34-27)24-7-5-11-33-24/h4-13,15H,1-3H3. The van der Waals surface area contributed by atoms with Crippen molar-refractivity contribution in [2.75, 3.05) is 0 Å². The van der Waals surface area contributed by atoms with E-state index in [-0.39, 0.29) is 11.4 Å². The lowest BCUT2D eigenvalue weighted by molar-refractivity contribution is 0.527. The number of halogens is 1. The van der Waals surface area contributed by atoms with Gasteiger partial charge < -0.3 is 17.8 Å². The summed E-state index contributed by atoms with van der Waals surface area (Å²) in [6.45, 7) is 6.10. The zero-order valence-electron chi connectivity index (χ0n) is 18.8. The summed E-state index contributed by atoms with van der Waals surface area (Å²) in [5.41, 5.74) is 5.84. The Hall–Kier alpha value is -4.21. The fourth-order valence-corrected chi connectivity index (χ4v) is 4.26. The number of benzene rings is 1. The molecule has 4 aromatic heterocycles. The number of aliphatic imine (C=N–C) groups is 1. The SMILES string of the molecule is Cc1ccc(Cl)cc1-n1c(C)cc(C=Nc2oc(-c3ccco3)c(-c3ccco3)c2C#N)c1C. The molecule has 0 fully saturated rings. The maximum Gasteiger partial charge on any atom is 0.238 e. The number of rotatable bonds is 5. The van der Waals surface area contributed by atoms with E-state index in [1.165, 1.54) is 0 Å². The Morgan fingerprint density at radius 3 is 2.41 bits per heavy atom. The van der Waals surface area contributed by atoms with Gasteiger partial charge in [0.1, 0.15) is 17.4 Å². The van der Waals surface area contributed by atoms with Crippen molar-refractivity contribution in [1.29, 1.82) is 5.26 Å². The minimum absolute atomic E-state index is 0.184. The Morgan fingerprint density at radius 1 is 1.00 bits per heavy atom. The molecule has 0 unspecified atom stereocenters. The molecule has 0 saturated carbocycles. The third-order valence-corrected chi connectivity index (χ3v) is 5.95. The highest BCUT2D eigenvalue weighted by Gasteiger charge is 2.26. The van der Waals surface area contributed by atoms with E-state index in [4.69, 9.17) is 24.9 Å². The number of aryl methyl sites for hydroxylation is 2. The molecule has 5 aromatic rings.